The van der Waals surface area contributed by atoms with Crippen molar-refractivity contribution in [3.05, 3.63) is 87.7 Å². The molecule has 0 fully saturated rings. The van der Waals surface area contributed by atoms with Crippen molar-refractivity contribution < 1.29 is 9.59 Å². The lowest BCUT2D eigenvalue weighted by Crippen LogP contribution is -2.17. The molecule has 0 radical (unpaired) electrons. The number of aromatic nitrogens is 1. The first-order valence-corrected chi connectivity index (χ1v) is 9.13. The summed E-state index contributed by atoms with van der Waals surface area (Å²) in [6, 6.07) is 14.0. The average molecular weight is 394 g/mol. The Kier molecular flexibility index (Phi) is 5.76. The first kappa shape index (κ1) is 19.6. The smallest absolute Gasteiger partial charge is 0.274 e. The second-order valence-electron chi connectivity index (χ2n) is 6.67. The minimum Gasteiger partial charge on any atom is -0.322 e. The Bertz CT molecular complexity index is 1040. The van der Waals surface area contributed by atoms with Crippen LogP contribution < -0.4 is 10.6 Å². The molecule has 6 heteroatoms. The molecule has 0 atom stereocenters. The van der Waals surface area contributed by atoms with E-state index in [2.05, 4.69) is 15.6 Å². The van der Waals surface area contributed by atoms with Crippen LogP contribution in [0.2, 0.25) is 5.02 Å². The monoisotopic (exact) mass is 393 g/mol. The molecule has 3 rings (SSSR count). The number of pyridine rings is 1. The third-order valence-corrected chi connectivity index (χ3v) is 4.41. The number of nitrogens with zero attached hydrogens (tertiary/aromatic N) is 1. The van der Waals surface area contributed by atoms with Gasteiger partial charge in [-0.1, -0.05) is 17.7 Å². The average Bonchev–Trinajstić information content (AvgIpc) is 2.63. The Morgan fingerprint density at radius 1 is 0.857 bits per heavy atom. The van der Waals surface area contributed by atoms with Gasteiger partial charge in [0.2, 0.25) is 0 Å². The number of carbonyl (C=O) groups is 2. The zero-order valence-electron chi connectivity index (χ0n) is 15.8. The maximum atomic E-state index is 12.6. The van der Waals surface area contributed by atoms with E-state index < -0.39 is 0 Å². The number of carbonyl (C=O) groups excluding carboxylic acids is 2. The van der Waals surface area contributed by atoms with Gasteiger partial charge in [-0.05, 0) is 79.9 Å². The zero-order valence-corrected chi connectivity index (χ0v) is 16.6. The quantitative estimate of drug-likeness (QED) is 0.642. The molecule has 0 aliphatic carbocycles. The van der Waals surface area contributed by atoms with Crippen molar-refractivity contribution in [2.45, 2.75) is 20.8 Å². The summed E-state index contributed by atoms with van der Waals surface area (Å²) in [6.07, 6.45) is 1.44. The molecule has 1 heterocycles. The largest absolute Gasteiger partial charge is 0.322 e. The SMILES string of the molecule is Cc1cc(C)cc(NC(=O)c2cc(C(=O)Nc3ccc(Cl)cc3C)ccn2)c1. The maximum absolute atomic E-state index is 12.6. The van der Waals surface area contributed by atoms with Crippen molar-refractivity contribution in [1.82, 2.24) is 4.98 Å². The molecule has 142 valence electrons. The standard InChI is InChI=1S/C22H20ClN3O2/c1-13-8-14(2)10-18(9-13)25-22(28)20-12-16(6-7-24-20)21(27)26-19-5-4-17(23)11-15(19)3/h4-12H,1-3H3,(H,25,28)(H,26,27). The van der Waals surface area contributed by atoms with Gasteiger partial charge in [0.05, 0.1) is 0 Å². The Hall–Kier alpha value is -3.18. The molecule has 0 bridgehead atoms. The van der Waals surface area contributed by atoms with Crippen LogP contribution in [-0.4, -0.2) is 16.8 Å². The summed E-state index contributed by atoms with van der Waals surface area (Å²) in [5.41, 5.74) is 4.81. The number of rotatable bonds is 4. The molecule has 0 unspecified atom stereocenters. The van der Waals surface area contributed by atoms with Crippen LogP contribution in [0.25, 0.3) is 0 Å². The van der Waals surface area contributed by atoms with Gasteiger partial charge >= 0.3 is 0 Å². The number of halogens is 1. The van der Waals surface area contributed by atoms with E-state index >= 15 is 0 Å². The number of hydrogen-bond donors (Lipinski definition) is 2. The molecule has 28 heavy (non-hydrogen) atoms. The van der Waals surface area contributed by atoms with E-state index in [1.807, 2.05) is 39.0 Å². The predicted molar refractivity (Wildman–Crippen MR) is 112 cm³/mol. The van der Waals surface area contributed by atoms with Gasteiger partial charge in [0, 0.05) is 28.2 Å². The topological polar surface area (TPSA) is 71.1 Å². The fourth-order valence-corrected chi connectivity index (χ4v) is 3.13. The van der Waals surface area contributed by atoms with Gasteiger partial charge in [-0.15, -0.1) is 0 Å². The van der Waals surface area contributed by atoms with E-state index in [-0.39, 0.29) is 17.5 Å². The molecule has 0 saturated heterocycles. The van der Waals surface area contributed by atoms with Crippen molar-refractivity contribution in [2.24, 2.45) is 0 Å². The number of amides is 2. The minimum absolute atomic E-state index is 0.166. The Morgan fingerprint density at radius 3 is 2.25 bits per heavy atom. The molecule has 5 nitrogen and oxygen atoms in total. The summed E-state index contributed by atoms with van der Waals surface area (Å²) >= 11 is 5.95. The molecular formula is C22H20ClN3O2. The van der Waals surface area contributed by atoms with Gasteiger partial charge in [-0.3, -0.25) is 14.6 Å². The first-order valence-electron chi connectivity index (χ1n) is 8.75. The van der Waals surface area contributed by atoms with Crippen LogP contribution in [0.5, 0.6) is 0 Å². The van der Waals surface area contributed by atoms with Crippen LogP contribution >= 0.6 is 11.6 Å². The third kappa shape index (κ3) is 4.75. The van der Waals surface area contributed by atoms with E-state index in [4.69, 9.17) is 11.6 Å². The van der Waals surface area contributed by atoms with Gasteiger partial charge in [-0.2, -0.15) is 0 Å². The van der Waals surface area contributed by atoms with Crippen molar-refractivity contribution in [3.63, 3.8) is 0 Å². The summed E-state index contributed by atoms with van der Waals surface area (Å²) in [6.45, 7) is 5.78. The molecule has 2 aromatic carbocycles. The van der Waals surface area contributed by atoms with Crippen molar-refractivity contribution in [3.8, 4) is 0 Å². The number of benzene rings is 2. The molecule has 2 amide bonds. The highest BCUT2D eigenvalue weighted by molar-refractivity contribution is 6.30. The van der Waals surface area contributed by atoms with E-state index in [0.717, 1.165) is 16.7 Å². The van der Waals surface area contributed by atoms with Crippen molar-refractivity contribution >= 4 is 34.8 Å². The van der Waals surface area contributed by atoms with E-state index in [1.165, 1.54) is 12.3 Å². The van der Waals surface area contributed by atoms with Gasteiger partial charge < -0.3 is 10.6 Å². The molecule has 3 aromatic rings. The Labute approximate surface area is 168 Å². The van der Waals surface area contributed by atoms with Crippen LogP contribution in [-0.2, 0) is 0 Å². The van der Waals surface area contributed by atoms with Crippen LogP contribution in [0.15, 0.2) is 54.7 Å². The number of hydrogen-bond acceptors (Lipinski definition) is 3. The number of nitrogens with one attached hydrogen (secondary N) is 2. The van der Waals surface area contributed by atoms with Crippen LogP contribution in [0.1, 0.15) is 37.5 Å². The fourth-order valence-electron chi connectivity index (χ4n) is 2.90. The van der Waals surface area contributed by atoms with Crippen molar-refractivity contribution in [2.75, 3.05) is 10.6 Å². The summed E-state index contributed by atoms with van der Waals surface area (Å²) in [5.74, 6) is -0.699. The number of aryl methyl sites for hydroxylation is 3. The predicted octanol–water partition coefficient (Wildman–Crippen LogP) is 5.16. The normalized spacial score (nSPS) is 10.4. The summed E-state index contributed by atoms with van der Waals surface area (Å²) < 4.78 is 0. The fraction of sp³-hybridized carbons (Fsp3) is 0.136. The summed E-state index contributed by atoms with van der Waals surface area (Å²) in [5, 5.41) is 6.25. The number of anilines is 2. The molecule has 2 N–H and O–H groups in total. The molecule has 0 spiro atoms. The molecule has 1 aromatic heterocycles. The summed E-state index contributed by atoms with van der Waals surface area (Å²) in [7, 11) is 0. The van der Waals surface area contributed by atoms with Gasteiger partial charge in [0.25, 0.3) is 11.8 Å². The Balaban J connectivity index is 1.77. The molecule has 0 saturated carbocycles. The van der Waals surface area contributed by atoms with E-state index in [1.54, 1.807) is 24.3 Å². The lowest BCUT2D eigenvalue weighted by Gasteiger charge is -2.10. The van der Waals surface area contributed by atoms with Crippen LogP contribution in [0, 0.1) is 20.8 Å². The minimum atomic E-state index is -0.373. The van der Waals surface area contributed by atoms with E-state index in [9.17, 15) is 9.59 Å². The van der Waals surface area contributed by atoms with Gasteiger partial charge in [-0.25, -0.2) is 0 Å². The van der Waals surface area contributed by atoms with Crippen molar-refractivity contribution in [1.29, 1.82) is 0 Å². The van der Waals surface area contributed by atoms with Crippen LogP contribution in [0.4, 0.5) is 11.4 Å². The zero-order chi connectivity index (χ0) is 20.3. The van der Waals surface area contributed by atoms with E-state index in [0.29, 0.717) is 22.0 Å². The molecule has 0 aliphatic heterocycles. The maximum Gasteiger partial charge on any atom is 0.274 e. The first-order chi connectivity index (χ1) is 13.3. The lowest BCUT2D eigenvalue weighted by molar-refractivity contribution is 0.102. The highest BCUT2D eigenvalue weighted by Crippen LogP contribution is 2.20. The highest BCUT2D eigenvalue weighted by Gasteiger charge is 2.13. The second-order valence-corrected chi connectivity index (χ2v) is 7.11. The van der Waals surface area contributed by atoms with Crippen LogP contribution in [0.3, 0.4) is 0 Å². The second kappa shape index (κ2) is 8.23. The Morgan fingerprint density at radius 2 is 1.57 bits per heavy atom. The van der Waals surface area contributed by atoms with Gasteiger partial charge in [0.15, 0.2) is 0 Å². The molecular weight excluding hydrogens is 374 g/mol. The third-order valence-electron chi connectivity index (χ3n) is 4.17. The van der Waals surface area contributed by atoms with Gasteiger partial charge in [0.1, 0.15) is 5.69 Å². The lowest BCUT2D eigenvalue weighted by atomic mass is 10.1. The molecule has 0 aliphatic rings. The highest BCUT2D eigenvalue weighted by atomic mass is 35.5. The summed E-state index contributed by atoms with van der Waals surface area (Å²) in [4.78, 5) is 29.2.